The first-order valence-corrected chi connectivity index (χ1v) is 5.38. The molecule has 2 heterocycles. The van der Waals surface area contributed by atoms with Crippen LogP contribution in [0, 0.1) is 0 Å². The largest absolute Gasteiger partial charge is 0.334 e. The summed E-state index contributed by atoms with van der Waals surface area (Å²) in [7, 11) is 1.68. The van der Waals surface area contributed by atoms with E-state index in [9.17, 15) is 4.79 Å². The molecule has 6 nitrogen and oxygen atoms in total. The van der Waals surface area contributed by atoms with E-state index in [1.807, 2.05) is 6.92 Å². The summed E-state index contributed by atoms with van der Waals surface area (Å²) >= 11 is 0. The maximum Gasteiger partial charge on any atom is 0.258 e. The van der Waals surface area contributed by atoms with Gasteiger partial charge in [-0.25, -0.2) is 0 Å². The Morgan fingerprint density at radius 2 is 2.35 bits per heavy atom. The molecule has 0 aliphatic carbocycles. The molecule has 6 heteroatoms. The first kappa shape index (κ1) is 11.5. The van der Waals surface area contributed by atoms with E-state index in [2.05, 4.69) is 10.1 Å². The van der Waals surface area contributed by atoms with Crippen LogP contribution in [0.1, 0.15) is 25.2 Å². The Morgan fingerprint density at radius 1 is 1.59 bits per heavy atom. The molecule has 0 aliphatic rings. The van der Waals surface area contributed by atoms with E-state index < -0.39 is 0 Å². The predicted octanol–water partition coefficient (Wildman–Crippen LogP) is 0.845. The average Bonchev–Trinajstić information content (AvgIpc) is 2.81. The summed E-state index contributed by atoms with van der Waals surface area (Å²) in [4.78, 5) is 15.6. The Morgan fingerprint density at radius 3 is 3.00 bits per heavy atom. The summed E-state index contributed by atoms with van der Waals surface area (Å²) in [6, 6.07) is 2.96. The Balaban J connectivity index is 2.37. The van der Waals surface area contributed by atoms with E-state index in [1.165, 1.54) is 10.6 Å². The molecule has 90 valence electrons. The molecule has 17 heavy (non-hydrogen) atoms. The standard InChI is InChI=1S/C11H14N4O2/c1-3-8(12)10-13-11(17-14-10)7-4-5-15(2)9(16)6-7/h4-6,8H,3,12H2,1-2H3. The van der Waals surface area contributed by atoms with E-state index in [4.69, 9.17) is 10.3 Å². The zero-order valence-corrected chi connectivity index (χ0v) is 9.75. The second-order valence-electron chi connectivity index (χ2n) is 3.84. The van der Waals surface area contributed by atoms with Crippen molar-refractivity contribution in [1.29, 1.82) is 0 Å². The molecule has 0 aromatic carbocycles. The number of hydrogen-bond acceptors (Lipinski definition) is 5. The number of aryl methyl sites for hydroxylation is 1. The number of nitrogens with zero attached hydrogens (tertiary/aromatic N) is 3. The minimum atomic E-state index is -0.237. The van der Waals surface area contributed by atoms with Crippen LogP contribution in [0.5, 0.6) is 0 Å². The normalized spacial score (nSPS) is 12.6. The van der Waals surface area contributed by atoms with Gasteiger partial charge in [0.1, 0.15) is 0 Å². The Labute approximate surface area is 98.1 Å². The maximum absolute atomic E-state index is 11.5. The van der Waals surface area contributed by atoms with Crippen LogP contribution in [0.25, 0.3) is 11.5 Å². The number of hydrogen-bond donors (Lipinski definition) is 1. The lowest BCUT2D eigenvalue weighted by molar-refractivity contribution is 0.415. The third-order valence-corrected chi connectivity index (χ3v) is 2.56. The van der Waals surface area contributed by atoms with E-state index in [0.29, 0.717) is 17.3 Å². The lowest BCUT2D eigenvalue weighted by Gasteiger charge is -1.99. The highest BCUT2D eigenvalue weighted by Crippen LogP contribution is 2.17. The number of pyridine rings is 1. The highest BCUT2D eigenvalue weighted by molar-refractivity contribution is 5.51. The quantitative estimate of drug-likeness (QED) is 0.850. The molecule has 0 spiro atoms. The molecule has 2 rings (SSSR count). The molecule has 0 radical (unpaired) electrons. The van der Waals surface area contributed by atoms with Crippen molar-refractivity contribution in [3.8, 4) is 11.5 Å². The van der Waals surface area contributed by atoms with Gasteiger partial charge in [-0.3, -0.25) is 4.79 Å². The lowest BCUT2D eigenvalue weighted by atomic mass is 10.2. The van der Waals surface area contributed by atoms with Crippen LogP contribution < -0.4 is 11.3 Å². The van der Waals surface area contributed by atoms with E-state index in [-0.39, 0.29) is 11.6 Å². The summed E-state index contributed by atoms with van der Waals surface area (Å²) < 4.78 is 6.55. The van der Waals surface area contributed by atoms with Crippen LogP contribution in [0.15, 0.2) is 27.6 Å². The molecular weight excluding hydrogens is 220 g/mol. The van der Waals surface area contributed by atoms with Gasteiger partial charge in [-0.2, -0.15) is 4.98 Å². The van der Waals surface area contributed by atoms with E-state index in [1.54, 1.807) is 19.3 Å². The molecule has 0 amide bonds. The van der Waals surface area contributed by atoms with Crippen LogP contribution in [0.4, 0.5) is 0 Å². The van der Waals surface area contributed by atoms with Gasteiger partial charge < -0.3 is 14.8 Å². The lowest BCUT2D eigenvalue weighted by Crippen LogP contribution is -2.14. The van der Waals surface area contributed by atoms with Gasteiger partial charge in [0.15, 0.2) is 5.82 Å². The van der Waals surface area contributed by atoms with Gasteiger partial charge >= 0.3 is 0 Å². The molecule has 0 aliphatic heterocycles. The van der Waals surface area contributed by atoms with Crippen LogP contribution in [-0.2, 0) is 7.05 Å². The highest BCUT2D eigenvalue weighted by Gasteiger charge is 2.13. The number of aromatic nitrogens is 3. The summed E-state index contributed by atoms with van der Waals surface area (Å²) in [5, 5.41) is 3.80. The van der Waals surface area contributed by atoms with Gasteiger partial charge in [-0.1, -0.05) is 12.1 Å². The Kier molecular flexibility index (Phi) is 3.06. The van der Waals surface area contributed by atoms with E-state index in [0.717, 1.165) is 6.42 Å². The van der Waals surface area contributed by atoms with Crippen molar-refractivity contribution in [2.45, 2.75) is 19.4 Å². The molecule has 2 aromatic heterocycles. The molecule has 0 fully saturated rings. The number of nitrogens with two attached hydrogens (primary N) is 1. The third-order valence-electron chi connectivity index (χ3n) is 2.56. The van der Waals surface area contributed by atoms with Gasteiger partial charge in [0.2, 0.25) is 0 Å². The number of rotatable bonds is 3. The fraction of sp³-hybridized carbons (Fsp3) is 0.364. The molecular formula is C11H14N4O2. The highest BCUT2D eigenvalue weighted by atomic mass is 16.5. The van der Waals surface area contributed by atoms with Crippen molar-refractivity contribution in [2.24, 2.45) is 12.8 Å². The van der Waals surface area contributed by atoms with Gasteiger partial charge in [0.05, 0.1) is 6.04 Å². The van der Waals surface area contributed by atoms with Crippen molar-refractivity contribution >= 4 is 0 Å². The molecule has 0 saturated heterocycles. The smallest absolute Gasteiger partial charge is 0.258 e. The summed E-state index contributed by atoms with van der Waals surface area (Å²) in [6.07, 6.45) is 2.39. The van der Waals surface area contributed by atoms with Crippen LogP contribution >= 0.6 is 0 Å². The first-order chi connectivity index (χ1) is 8.11. The molecule has 1 atom stereocenters. The molecule has 0 saturated carbocycles. The second kappa shape index (κ2) is 4.50. The van der Waals surface area contributed by atoms with Gasteiger partial charge in [0.25, 0.3) is 11.4 Å². The average molecular weight is 234 g/mol. The van der Waals surface area contributed by atoms with Crippen LogP contribution in [-0.4, -0.2) is 14.7 Å². The van der Waals surface area contributed by atoms with Gasteiger partial charge in [-0.05, 0) is 12.5 Å². The van der Waals surface area contributed by atoms with Crippen LogP contribution in [0.3, 0.4) is 0 Å². The minimum absolute atomic E-state index is 0.123. The van der Waals surface area contributed by atoms with Crippen molar-refractivity contribution in [2.75, 3.05) is 0 Å². The van der Waals surface area contributed by atoms with Crippen molar-refractivity contribution in [3.05, 3.63) is 34.5 Å². The van der Waals surface area contributed by atoms with E-state index >= 15 is 0 Å². The monoisotopic (exact) mass is 234 g/mol. The second-order valence-corrected chi connectivity index (χ2v) is 3.84. The Hall–Kier alpha value is -1.95. The van der Waals surface area contributed by atoms with Crippen molar-refractivity contribution < 1.29 is 4.52 Å². The van der Waals surface area contributed by atoms with Gasteiger partial charge in [0, 0.05) is 24.9 Å². The van der Waals surface area contributed by atoms with Crippen LogP contribution in [0.2, 0.25) is 0 Å². The minimum Gasteiger partial charge on any atom is -0.334 e. The summed E-state index contributed by atoms with van der Waals surface area (Å²) in [6.45, 7) is 1.94. The molecule has 0 bridgehead atoms. The first-order valence-electron chi connectivity index (χ1n) is 5.38. The summed E-state index contributed by atoms with van der Waals surface area (Å²) in [5.41, 5.74) is 6.27. The SMILES string of the molecule is CCC(N)c1noc(-c2ccn(C)c(=O)c2)n1. The maximum atomic E-state index is 11.5. The third kappa shape index (κ3) is 2.26. The van der Waals surface area contributed by atoms with Crippen molar-refractivity contribution in [3.63, 3.8) is 0 Å². The molecule has 1 unspecified atom stereocenters. The fourth-order valence-electron chi connectivity index (χ4n) is 1.37. The predicted molar refractivity (Wildman–Crippen MR) is 62.2 cm³/mol. The summed E-state index contributed by atoms with van der Waals surface area (Å²) in [5.74, 6) is 0.782. The molecule has 2 N–H and O–H groups in total. The molecule has 2 aromatic rings. The fourth-order valence-corrected chi connectivity index (χ4v) is 1.37. The Bertz CT molecular complexity index is 573. The topological polar surface area (TPSA) is 86.9 Å². The van der Waals surface area contributed by atoms with Crippen molar-refractivity contribution in [1.82, 2.24) is 14.7 Å². The zero-order valence-electron chi connectivity index (χ0n) is 9.75. The van der Waals surface area contributed by atoms with Gasteiger partial charge in [-0.15, -0.1) is 0 Å². The zero-order chi connectivity index (χ0) is 12.4.